The van der Waals surface area contributed by atoms with Crippen LogP contribution in [0.4, 0.5) is 5.69 Å². The minimum Gasteiger partial charge on any atom is -0.478 e. The van der Waals surface area contributed by atoms with Crippen LogP contribution in [0.1, 0.15) is 22.8 Å². The topological polar surface area (TPSA) is 96.9 Å². The molecule has 2 heterocycles. The Morgan fingerprint density at radius 3 is 2.31 bits per heavy atom. The molecule has 0 saturated carbocycles. The first kappa shape index (κ1) is 18.4. The summed E-state index contributed by atoms with van der Waals surface area (Å²) < 4.78 is 3.13. The lowest BCUT2D eigenvalue weighted by Gasteiger charge is -2.11. The van der Waals surface area contributed by atoms with Crippen LogP contribution in [0.2, 0.25) is 0 Å². The molecule has 1 aliphatic heterocycles. The van der Waals surface area contributed by atoms with Gasteiger partial charge in [-0.3, -0.25) is 13.9 Å². The van der Waals surface area contributed by atoms with E-state index < -0.39 is 5.97 Å². The molecule has 29 heavy (non-hydrogen) atoms. The number of anilines is 1. The normalized spacial score (nSPS) is 15.4. The van der Waals surface area contributed by atoms with Gasteiger partial charge in [-0.25, -0.2) is 9.59 Å². The van der Waals surface area contributed by atoms with E-state index in [2.05, 4.69) is 5.10 Å². The molecule has 146 valence electrons. The van der Waals surface area contributed by atoms with Gasteiger partial charge in [0, 0.05) is 14.1 Å². The number of hydrogen-bond acceptors (Lipinski definition) is 4. The van der Waals surface area contributed by atoms with Crippen LogP contribution in [0.15, 0.2) is 57.9 Å². The zero-order valence-electron chi connectivity index (χ0n) is 16.1. The Kier molecular flexibility index (Phi) is 4.19. The Morgan fingerprint density at radius 1 is 1.00 bits per heavy atom. The summed E-state index contributed by atoms with van der Waals surface area (Å²) in [5.74, 6) is -1.33. The van der Waals surface area contributed by atoms with Crippen molar-refractivity contribution in [2.24, 2.45) is 19.2 Å². The van der Waals surface area contributed by atoms with Crippen molar-refractivity contribution in [1.29, 1.82) is 0 Å². The number of hydrogen-bond donors (Lipinski definition) is 1. The van der Waals surface area contributed by atoms with E-state index >= 15 is 0 Å². The Morgan fingerprint density at radius 2 is 1.66 bits per heavy atom. The lowest BCUT2D eigenvalue weighted by Crippen LogP contribution is -2.21. The molecule has 0 bridgehead atoms. The molecule has 0 fully saturated rings. The van der Waals surface area contributed by atoms with E-state index in [0.717, 1.165) is 16.6 Å². The van der Waals surface area contributed by atoms with Crippen LogP contribution in [0.25, 0.3) is 17.1 Å². The average Bonchev–Trinajstić information content (AvgIpc) is 3.11. The molecule has 8 heteroatoms. The number of carbonyl (C=O) groups excluding carboxylic acids is 1. The van der Waals surface area contributed by atoms with Crippen molar-refractivity contribution in [3.63, 3.8) is 0 Å². The molecule has 0 aliphatic carbocycles. The fourth-order valence-corrected chi connectivity index (χ4v) is 3.38. The summed E-state index contributed by atoms with van der Waals surface area (Å²) in [6.07, 6.45) is 1.74. The number of carbonyl (C=O) groups is 2. The maximum atomic E-state index is 12.9. The summed E-state index contributed by atoms with van der Waals surface area (Å²) in [5, 5.41) is 14.6. The van der Waals surface area contributed by atoms with Crippen molar-refractivity contribution in [2.45, 2.75) is 6.92 Å². The number of aromatic nitrogens is 2. The first-order chi connectivity index (χ1) is 13.8. The first-order valence-electron chi connectivity index (χ1n) is 8.88. The van der Waals surface area contributed by atoms with Crippen molar-refractivity contribution in [2.75, 3.05) is 5.01 Å². The third-order valence-corrected chi connectivity index (χ3v) is 5.03. The van der Waals surface area contributed by atoms with Gasteiger partial charge in [0.05, 0.1) is 33.6 Å². The zero-order valence-corrected chi connectivity index (χ0v) is 16.1. The highest BCUT2D eigenvalue weighted by atomic mass is 16.4. The molecule has 0 radical (unpaired) electrons. The van der Waals surface area contributed by atoms with Crippen LogP contribution in [-0.4, -0.2) is 31.8 Å². The van der Waals surface area contributed by atoms with Gasteiger partial charge in [0.1, 0.15) is 0 Å². The second-order valence-corrected chi connectivity index (χ2v) is 6.86. The quantitative estimate of drug-likeness (QED) is 0.695. The van der Waals surface area contributed by atoms with Gasteiger partial charge in [0.2, 0.25) is 0 Å². The SMILES string of the molecule is CC1=NN(c2ccc(C(=O)O)cc2)C(=O)/C1=C/c1ccc2c(c1)n(C)c(=O)n2C. The summed E-state index contributed by atoms with van der Waals surface area (Å²) in [7, 11) is 3.42. The molecule has 1 aromatic heterocycles. The maximum Gasteiger partial charge on any atom is 0.335 e. The number of fused-ring (bicyclic) bond motifs is 1. The maximum absolute atomic E-state index is 12.9. The molecule has 0 atom stereocenters. The van der Waals surface area contributed by atoms with Gasteiger partial charge in [0.25, 0.3) is 5.91 Å². The fraction of sp³-hybridized carbons (Fsp3) is 0.143. The number of aryl methyl sites for hydroxylation is 2. The number of hydrazone groups is 1. The number of amides is 1. The van der Waals surface area contributed by atoms with E-state index in [4.69, 9.17) is 5.11 Å². The number of aromatic carboxylic acids is 1. The third-order valence-electron chi connectivity index (χ3n) is 5.03. The number of imidazole rings is 1. The molecular formula is C21H18N4O4. The van der Waals surface area contributed by atoms with Gasteiger partial charge in [-0.2, -0.15) is 10.1 Å². The Bertz CT molecular complexity index is 1290. The van der Waals surface area contributed by atoms with Crippen molar-refractivity contribution >= 4 is 40.4 Å². The molecule has 2 aromatic carbocycles. The number of rotatable bonds is 3. The summed E-state index contributed by atoms with van der Waals surface area (Å²) in [5.41, 5.74) is 3.86. The monoisotopic (exact) mass is 390 g/mol. The van der Waals surface area contributed by atoms with Crippen molar-refractivity contribution < 1.29 is 14.7 Å². The summed E-state index contributed by atoms with van der Waals surface area (Å²) >= 11 is 0. The molecular weight excluding hydrogens is 372 g/mol. The van der Waals surface area contributed by atoms with E-state index in [-0.39, 0.29) is 17.2 Å². The van der Waals surface area contributed by atoms with Gasteiger partial charge in [-0.15, -0.1) is 0 Å². The Labute approximate surface area is 165 Å². The van der Waals surface area contributed by atoms with E-state index in [1.165, 1.54) is 17.1 Å². The molecule has 1 N–H and O–H groups in total. The first-order valence-corrected chi connectivity index (χ1v) is 8.88. The summed E-state index contributed by atoms with van der Waals surface area (Å²) in [6.45, 7) is 1.74. The molecule has 1 amide bonds. The van der Waals surface area contributed by atoms with Crippen molar-refractivity contribution in [3.8, 4) is 0 Å². The second kappa shape index (κ2) is 6.59. The molecule has 3 aromatic rings. The smallest absolute Gasteiger partial charge is 0.335 e. The molecule has 8 nitrogen and oxygen atoms in total. The lowest BCUT2D eigenvalue weighted by molar-refractivity contribution is -0.114. The Hall–Kier alpha value is -3.94. The van der Waals surface area contributed by atoms with Crippen LogP contribution in [-0.2, 0) is 18.9 Å². The summed E-state index contributed by atoms with van der Waals surface area (Å²) in [6, 6.07) is 11.5. The lowest BCUT2D eigenvalue weighted by atomic mass is 10.1. The van der Waals surface area contributed by atoms with E-state index in [1.807, 2.05) is 18.2 Å². The van der Waals surface area contributed by atoms with Crippen LogP contribution in [0, 0.1) is 0 Å². The van der Waals surface area contributed by atoms with Gasteiger partial charge in [-0.05, 0) is 55.0 Å². The standard InChI is InChI=1S/C21H18N4O4/c1-12-16(10-13-4-9-17-18(11-13)24(3)21(29)23(17)2)19(26)25(22-12)15-7-5-14(6-8-15)20(27)28/h4-11H,1-3H3,(H,27,28)/b16-10+. The van der Waals surface area contributed by atoms with Crippen LogP contribution in [0.3, 0.4) is 0 Å². The predicted molar refractivity (Wildman–Crippen MR) is 110 cm³/mol. The minimum atomic E-state index is -1.03. The number of benzene rings is 2. The molecule has 0 saturated heterocycles. The van der Waals surface area contributed by atoms with Crippen molar-refractivity contribution in [1.82, 2.24) is 9.13 Å². The highest BCUT2D eigenvalue weighted by Crippen LogP contribution is 2.26. The number of carboxylic acid groups (broad SMARTS) is 1. The van der Waals surface area contributed by atoms with Crippen LogP contribution in [0.5, 0.6) is 0 Å². The van der Waals surface area contributed by atoms with Gasteiger partial charge < -0.3 is 5.11 Å². The third kappa shape index (κ3) is 2.94. The number of carboxylic acids is 1. The fourth-order valence-electron chi connectivity index (χ4n) is 3.38. The van der Waals surface area contributed by atoms with E-state index in [9.17, 15) is 14.4 Å². The minimum absolute atomic E-state index is 0.115. The largest absolute Gasteiger partial charge is 0.478 e. The molecule has 0 unspecified atom stereocenters. The zero-order chi connectivity index (χ0) is 20.9. The molecule has 4 rings (SSSR count). The van der Waals surface area contributed by atoms with E-state index in [1.54, 1.807) is 48.4 Å². The molecule has 0 spiro atoms. The van der Waals surface area contributed by atoms with Crippen LogP contribution >= 0.6 is 0 Å². The second-order valence-electron chi connectivity index (χ2n) is 6.86. The number of nitrogens with zero attached hydrogens (tertiary/aromatic N) is 4. The van der Waals surface area contributed by atoms with Gasteiger partial charge >= 0.3 is 11.7 Å². The molecule has 1 aliphatic rings. The summed E-state index contributed by atoms with van der Waals surface area (Å²) in [4.78, 5) is 36.0. The van der Waals surface area contributed by atoms with Gasteiger partial charge in [0.15, 0.2) is 0 Å². The average molecular weight is 390 g/mol. The predicted octanol–water partition coefficient (Wildman–Crippen LogP) is 2.38. The highest BCUT2D eigenvalue weighted by molar-refractivity contribution is 6.32. The Balaban J connectivity index is 1.70. The highest BCUT2D eigenvalue weighted by Gasteiger charge is 2.28. The van der Waals surface area contributed by atoms with Crippen LogP contribution < -0.4 is 10.7 Å². The van der Waals surface area contributed by atoms with Gasteiger partial charge in [-0.1, -0.05) is 6.07 Å². The van der Waals surface area contributed by atoms with Crippen molar-refractivity contribution in [3.05, 3.63) is 69.6 Å². The van der Waals surface area contributed by atoms with E-state index in [0.29, 0.717) is 17.0 Å².